The van der Waals surface area contributed by atoms with E-state index in [9.17, 15) is 14.0 Å². The Morgan fingerprint density at radius 1 is 1.05 bits per heavy atom. The number of amides is 2. The van der Waals surface area contributed by atoms with Crippen LogP contribution in [0, 0.1) is 5.82 Å². The maximum Gasteiger partial charge on any atom is 0.255 e. The summed E-state index contributed by atoms with van der Waals surface area (Å²) in [6, 6.07) is 20.9. The van der Waals surface area contributed by atoms with E-state index in [1.54, 1.807) is 17.9 Å². The lowest BCUT2D eigenvalue weighted by Gasteiger charge is -2.51. The Morgan fingerprint density at radius 2 is 1.81 bits per heavy atom. The van der Waals surface area contributed by atoms with E-state index in [-0.39, 0.29) is 41.4 Å². The second kappa shape index (κ2) is 8.73. The number of fused-ring (bicyclic) bond motifs is 5. The van der Waals surface area contributed by atoms with Gasteiger partial charge in [-0.2, -0.15) is 0 Å². The Kier molecular flexibility index (Phi) is 5.60. The average Bonchev–Trinajstić information content (AvgIpc) is 3.30. The van der Waals surface area contributed by atoms with E-state index in [0.29, 0.717) is 12.2 Å². The number of nitrogens with zero attached hydrogens (tertiary/aromatic N) is 2. The molecule has 0 aliphatic carbocycles. The van der Waals surface area contributed by atoms with Crippen LogP contribution in [0.1, 0.15) is 47.7 Å². The number of para-hydroxylation sites is 1. The summed E-state index contributed by atoms with van der Waals surface area (Å²) < 4.78 is 14.6. The molecule has 188 valence electrons. The summed E-state index contributed by atoms with van der Waals surface area (Å²) in [5.41, 5.74) is 3.98. The molecule has 0 spiro atoms. The summed E-state index contributed by atoms with van der Waals surface area (Å²) in [4.78, 5) is 34.4. The van der Waals surface area contributed by atoms with Gasteiger partial charge in [-0.25, -0.2) is 4.39 Å². The van der Waals surface area contributed by atoms with Crippen LogP contribution < -0.4 is 0 Å². The number of carbonyl (C=O) groups is 2. The molecule has 3 aromatic carbocycles. The van der Waals surface area contributed by atoms with Crippen molar-refractivity contribution in [3.05, 3.63) is 106 Å². The summed E-state index contributed by atoms with van der Waals surface area (Å²) in [5, 5.41) is 1.27. The number of carbonyl (C=O) groups excluding carboxylic acids is 2. The molecule has 7 heteroatoms. The number of aromatic amines is 1. The van der Waals surface area contributed by atoms with E-state index in [0.717, 1.165) is 28.5 Å². The molecular formula is C30H27ClFN3O2. The van der Waals surface area contributed by atoms with Crippen LogP contribution in [0.4, 0.5) is 4.39 Å². The molecule has 1 unspecified atom stereocenters. The SMILES string of the molecule is CCc1ccc(C2CN3C(=O)CN(Cc4c(F)cccc4Cl)C(=O)[C@]3(C)c3[nH]c4ccccc4c32)cc1. The number of piperazine rings is 1. The highest BCUT2D eigenvalue weighted by molar-refractivity contribution is 6.31. The number of halogens is 2. The van der Waals surface area contributed by atoms with Gasteiger partial charge in [-0.1, -0.05) is 67.1 Å². The van der Waals surface area contributed by atoms with Crippen LogP contribution >= 0.6 is 11.6 Å². The van der Waals surface area contributed by atoms with Crippen molar-refractivity contribution in [1.82, 2.24) is 14.8 Å². The van der Waals surface area contributed by atoms with E-state index in [2.05, 4.69) is 42.2 Å². The van der Waals surface area contributed by atoms with Gasteiger partial charge in [0.25, 0.3) is 5.91 Å². The van der Waals surface area contributed by atoms with Gasteiger partial charge in [0.2, 0.25) is 5.91 Å². The van der Waals surface area contributed by atoms with Crippen LogP contribution in [0.25, 0.3) is 10.9 Å². The number of hydrogen-bond donors (Lipinski definition) is 1. The van der Waals surface area contributed by atoms with Crippen LogP contribution in [0.15, 0.2) is 66.7 Å². The summed E-state index contributed by atoms with van der Waals surface area (Å²) in [5.74, 6) is -1.01. The van der Waals surface area contributed by atoms with Gasteiger partial charge >= 0.3 is 0 Å². The zero-order valence-corrected chi connectivity index (χ0v) is 21.5. The third kappa shape index (κ3) is 3.57. The lowest BCUT2D eigenvalue weighted by molar-refractivity contribution is -0.167. The minimum atomic E-state index is -1.25. The molecule has 0 bridgehead atoms. The number of nitrogens with one attached hydrogen (secondary N) is 1. The van der Waals surface area contributed by atoms with Gasteiger partial charge in [0.15, 0.2) is 5.54 Å². The number of H-pyrrole nitrogens is 1. The first-order valence-corrected chi connectivity index (χ1v) is 12.9. The Bertz CT molecular complexity index is 1530. The van der Waals surface area contributed by atoms with Crippen LogP contribution in [-0.4, -0.2) is 39.7 Å². The number of aromatic nitrogens is 1. The molecule has 1 aromatic heterocycles. The minimum Gasteiger partial charge on any atom is -0.356 e. The maximum absolute atomic E-state index is 14.6. The highest BCUT2D eigenvalue weighted by atomic mass is 35.5. The van der Waals surface area contributed by atoms with Crippen LogP contribution in [0.3, 0.4) is 0 Å². The summed E-state index contributed by atoms with van der Waals surface area (Å²) in [6.45, 7) is 4.10. The molecule has 2 aliphatic rings. The number of hydrogen-bond acceptors (Lipinski definition) is 2. The predicted molar refractivity (Wildman–Crippen MR) is 142 cm³/mol. The van der Waals surface area contributed by atoms with Crippen molar-refractivity contribution in [3.8, 4) is 0 Å². The quantitative estimate of drug-likeness (QED) is 0.376. The fourth-order valence-corrected chi connectivity index (χ4v) is 6.19. The van der Waals surface area contributed by atoms with Gasteiger partial charge in [-0.15, -0.1) is 0 Å². The lowest BCUT2D eigenvalue weighted by atomic mass is 9.76. The first-order chi connectivity index (χ1) is 17.8. The van der Waals surface area contributed by atoms with Crippen molar-refractivity contribution in [2.24, 2.45) is 0 Å². The fourth-order valence-electron chi connectivity index (χ4n) is 5.96. The van der Waals surface area contributed by atoms with E-state index in [1.807, 2.05) is 18.2 Å². The normalized spacial score (nSPS) is 21.4. The molecule has 3 heterocycles. The average molecular weight is 516 g/mol. The zero-order chi connectivity index (χ0) is 25.9. The largest absolute Gasteiger partial charge is 0.356 e. The molecular weight excluding hydrogens is 489 g/mol. The molecule has 2 aliphatic heterocycles. The second-order valence-corrected chi connectivity index (χ2v) is 10.5. The smallest absolute Gasteiger partial charge is 0.255 e. The molecule has 0 radical (unpaired) electrons. The lowest BCUT2D eigenvalue weighted by Crippen LogP contribution is -2.67. The van der Waals surface area contributed by atoms with Crippen molar-refractivity contribution in [3.63, 3.8) is 0 Å². The van der Waals surface area contributed by atoms with Gasteiger partial charge in [-0.05, 0) is 48.2 Å². The monoisotopic (exact) mass is 515 g/mol. The van der Waals surface area contributed by atoms with E-state index in [4.69, 9.17) is 11.6 Å². The van der Waals surface area contributed by atoms with Gasteiger partial charge in [0.1, 0.15) is 12.4 Å². The standard InChI is InChI=1S/C30H27ClFN3O2/c1-3-18-11-13-19(14-12-18)21-16-35-26(36)17-34(15-22-23(31)8-6-9-24(22)32)29(37)30(35,2)28-27(21)20-7-4-5-10-25(20)33-28/h4-14,21,33H,3,15-17H2,1-2H3/t21?,30-/m0/s1. The summed E-state index contributed by atoms with van der Waals surface area (Å²) in [7, 11) is 0. The Hall–Kier alpha value is -3.64. The van der Waals surface area contributed by atoms with E-state index >= 15 is 0 Å². The third-order valence-corrected chi connectivity index (χ3v) is 8.37. The van der Waals surface area contributed by atoms with Gasteiger partial charge < -0.3 is 14.8 Å². The van der Waals surface area contributed by atoms with Crippen LogP contribution in [-0.2, 0) is 28.1 Å². The predicted octanol–water partition coefficient (Wildman–Crippen LogP) is 5.75. The third-order valence-electron chi connectivity index (χ3n) is 8.02. The van der Waals surface area contributed by atoms with E-state index in [1.165, 1.54) is 22.6 Å². The van der Waals surface area contributed by atoms with Gasteiger partial charge in [0.05, 0.1) is 12.2 Å². The molecule has 0 saturated carbocycles. The van der Waals surface area contributed by atoms with Crippen molar-refractivity contribution in [2.45, 2.75) is 38.3 Å². The maximum atomic E-state index is 14.6. The van der Waals surface area contributed by atoms with Crippen LogP contribution in [0.5, 0.6) is 0 Å². The zero-order valence-electron chi connectivity index (χ0n) is 20.7. The van der Waals surface area contributed by atoms with Crippen molar-refractivity contribution in [2.75, 3.05) is 13.1 Å². The molecule has 4 aromatic rings. The highest BCUT2D eigenvalue weighted by Gasteiger charge is 2.56. The molecule has 37 heavy (non-hydrogen) atoms. The summed E-state index contributed by atoms with van der Waals surface area (Å²) >= 11 is 6.27. The minimum absolute atomic E-state index is 0.0724. The summed E-state index contributed by atoms with van der Waals surface area (Å²) in [6.07, 6.45) is 0.947. The van der Waals surface area contributed by atoms with Crippen LogP contribution in [0.2, 0.25) is 5.02 Å². The van der Waals surface area contributed by atoms with E-state index < -0.39 is 11.4 Å². The van der Waals surface area contributed by atoms with Crippen molar-refractivity contribution < 1.29 is 14.0 Å². The molecule has 1 saturated heterocycles. The molecule has 2 amide bonds. The molecule has 6 rings (SSSR count). The van der Waals surface area contributed by atoms with Gasteiger partial charge in [0, 0.05) is 34.0 Å². The highest BCUT2D eigenvalue weighted by Crippen LogP contribution is 2.48. The fraction of sp³-hybridized carbons (Fsp3) is 0.267. The topological polar surface area (TPSA) is 56.4 Å². The molecule has 5 nitrogen and oxygen atoms in total. The van der Waals surface area contributed by atoms with Crippen molar-refractivity contribution in [1.29, 1.82) is 0 Å². The Labute approximate surface area is 219 Å². The first kappa shape index (κ1) is 23.7. The van der Waals surface area contributed by atoms with Gasteiger partial charge in [-0.3, -0.25) is 9.59 Å². The Balaban J connectivity index is 1.49. The number of aryl methyl sites for hydroxylation is 1. The molecule has 1 fully saturated rings. The van der Waals surface area contributed by atoms with Crippen molar-refractivity contribution >= 4 is 34.3 Å². The molecule has 2 atom stereocenters. The second-order valence-electron chi connectivity index (χ2n) is 10.0. The number of rotatable bonds is 4. The number of benzene rings is 3. The Morgan fingerprint density at radius 3 is 2.54 bits per heavy atom. The first-order valence-electron chi connectivity index (χ1n) is 12.6. The molecule has 1 N–H and O–H groups in total.